The first kappa shape index (κ1) is 12.0. The van der Waals surface area contributed by atoms with E-state index in [1.54, 1.807) is 0 Å². The van der Waals surface area contributed by atoms with Crippen molar-refractivity contribution < 1.29 is 35.5 Å². The average molecular weight is 410 g/mol. The van der Waals surface area contributed by atoms with Crippen molar-refractivity contribution in [2.45, 2.75) is 17.7 Å². The molecular formula is C10H11NO3PRe+. The van der Waals surface area contributed by atoms with Crippen molar-refractivity contribution >= 4 is 19.6 Å². The number of rotatable bonds is 1. The summed E-state index contributed by atoms with van der Waals surface area (Å²) in [5, 5.41) is 21.1. The van der Waals surface area contributed by atoms with Crippen LogP contribution in [0.25, 0.3) is 0 Å². The normalized spacial score (nSPS) is 40.8. The standard InChI is InChI=1S/C10H10NO3P.Re/c12-10(13)7-4-15-6-2-1-5(3-6)9(15)8(7)11-14;/h1-2,4-6,9,14H,3H2,(H,12,13);/p+1/b11-8+;. The molecule has 1 radical (unpaired) electrons. The van der Waals surface area contributed by atoms with E-state index in [1.165, 1.54) is 0 Å². The number of nitrogens with zero attached hydrogens (tertiary/aromatic N) is 1. The number of hydrogen-bond donors (Lipinski definition) is 2. The van der Waals surface area contributed by atoms with E-state index in [-0.39, 0.29) is 31.7 Å². The van der Waals surface area contributed by atoms with Crippen LogP contribution in [0, 0.1) is 5.92 Å². The molecule has 0 aromatic heterocycles. The third-order valence-electron chi connectivity index (χ3n) is 3.55. The summed E-state index contributed by atoms with van der Waals surface area (Å²) in [5.74, 6) is 1.30. The maximum atomic E-state index is 11.0. The van der Waals surface area contributed by atoms with Crippen molar-refractivity contribution in [1.29, 1.82) is 0 Å². The van der Waals surface area contributed by atoms with Crippen LogP contribution < -0.4 is 0 Å². The number of oxime groups is 1. The summed E-state index contributed by atoms with van der Waals surface area (Å²) >= 11 is 0. The van der Waals surface area contributed by atoms with Gasteiger partial charge in [0.05, 0.1) is 11.5 Å². The second-order valence-corrected chi connectivity index (χ2v) is 6.87. The number of carboxylic acid groups (broad SMARTS) is 1. The zero-order chi connectivity index (χ0) is 10.6. The molecule has 0 spiro atoms. The Bertz CT molecular complexity index is 432. The van der Waals surface area contributed by atoms with Crippen LogP contribution in [0.15, 0.2) is 28.7 Å². The molecule has 3 rings (SSSR count). The summed E-state index contributed by atoms with van der Waals surface area (Å²) < 4.78 is 0. The Morgan fingerprint density at radius 1 is 1.50 bits per heavy atom. The molecule has 4 unspecified atom stereocenters. The molecule has 85 valence electrons. The molecule has 0 aromatic carbocycles. The second-order valence-electron chi connectivity index (χ2n) is 4.22. The number of allylic oxidation sites excluding steroid dienone is 2. The van der Waals surface area contributed by atoms with Crippen molar-refractivity contribution in [2.24, 2.45) is 11.1 Å². The van der Waals surface area contributed by atoms with Crippen LogP contribution in [0.4, 0.5) is 0 Å². The minimum Gasteiger partial charge on any atom is -0.477 e. The molecule has 1 saturated heterocycles. The largest absolute Gasteiger partial charge is 0.477 e. The topological polar surface area (TPSA) is 69.9 Å². The maximum absolute atomic E-state index is 11.0. The van der Waals surface area contributed by atoms with Gasteiger partial charge in [-0.25, -0.2) is 4.79 Å². The summed E-state index contributed by atoms with van der Waals surface area (Å²) in [4.78, 5) is 11.0. The van der Waals surface area contributed by atoms with E-state index in [0.29, 0.717) is 17.3 Å². The Morgan fingerprint density at radius 3 is 2.88 bits per heavy atom. The zero-order valence-electron chi connectivity index (χ0n) is 8.30. The molecule has 0 saturated carbocycles. The first-order chi connectivity index (χ1) is 7.22. The Labute approximate surface area is 108 Å². The van der Waals surface area contributed by atoms with Gasteiger partial charge in [-0.2, -0.15) is 0 Å². The summed E-state index contributed by atoms with van der Waals surface area (Å²) in [7, 11) is -0.831. The molecule has 0 aromatic rings. The summed E-state index contributed by atoms with van der Waals surface area (Å²) in [6.07, 6.45) is 5.46. The van der Waals surface area contributed by atoms with Gasteiger partial charge >= 0.3 is 5.97 Å². The summed E-state index contributed by atoms with van der Waals surface area (Å²) in [6.45, 7) is 0. The fraction of sp³-hybridized carbons (Fsp3) is 0.400. The van der Waals surface area contributed by atoms with E-state index < -0.39 is 13.9 Å². The molecule has 0 amide bonds. The summed E-state index contributed by atoms with van der Waals surface area (Å²) in [5.41, 5.74) is 1.38. The van der Waals surface area contributed by atoms with Crippen molar-refractivity contribution in [1.82, 2.24) is 0 Å². The van der Waals surface area contributed by atoms with E-state index in [4.69, 9.17) is 10.3 Å². The number of carbonyl (C=O) groups is 1. The molecule has 16 heavy (non-hydrogen) atoms. The van der Waals surface area contributed by atoms with Gasteiger partial charge in [0.15, 0.2) is 0 Å². The molecular weight excluding hydrogens is 399 g/mol. The molecule has 2 aliphatic heterocycles. The van der Waals surface area contributed by atoms with Gasteiger partial charge in [0, 0.05) is 34.3 Å². The van der Waals surface area contributed by atoms with Gasteiger partial charge in [-0.05, 0) is 12.5 Å². The average Bonchev–Trinajstić information content (AvgIpc) is 2.87. The third-order valence-corrected chi connectivity index (χ3v) is 6.88. The monoisotopic (exact) mass is 411 g/mol. The molecule has 4 nitrogen and oxygen atoms in total. The minimum atomic E-state index is -0.964. The minimum absolute atomic E-state index is 0. The SMILES string of the molecule is O=C(O)C1=C[PH+]2C3C=CC(C3)C2/C1=N/O.[Re]. The van der Waals surface area contributed by atoms with Gasteiger partial charge in [-0.3, -0.25) is 0 Å². The van der Waals surface area contributed by atoms with Crippen molar-refractivity contribution in [3.8, 4) is 0 Å². The van der Waals surface area contributed by atoms with Gasteiger partial charge < -0.3 is 10.3 Å². The Kier molecular flexibility index (Phi) is 3.05. The Balaban J connectivity index is 0.000000963. The number of hydrogen-bond acceptors (Lipinski definition) is 3. The Morgan fingerprint density at radius 2 is 2.25 bits per heavy atom. The van der Waals surface area contributed by atoms with E-state index in [1.807, 2.05) is 5.82 Å². The van der Waals surface area contributed by atoms with Gasteiger partial charge in [-0.15, -0.1) is 0 Å². The molecule has 4 atom stereocenters. The van der Waals surface area contributed by atoms with Crippen LogP contribution in [0.1, 0.15) is 6.42 Å². The van der Waals surface area contributed by atoms with Crippen molar-refractivity contribution in [3.05, 3.63) is 23.5 Å². The molecule has 1 fully saturated rings. The smallest absolute Gasteiger partial charge is 0.341 e. The van der Waals surface area contributed by atoms with Crippen molar-refractivity contribution in [2.75, 3.05) is 0 Å². The van der Waals surface area contributed by atoms with Crippen LogP contribution in [0.3, 0.4) is 0 Å². The van der Waals surface area contributed by atoms with Crippen molar-refractivity contribution in [3.63, 3.8) is 0 Å². The van der Waals surface area contributed by atoms with Crippen LogP contribution in [0.5, 0.6) is 0 Å². The van der Waals surface area contributed by atoms with Crippen LogP contribution in [-0.4, -0.2) is 33.3 Å². The molecule has 1 aliphatic carbocycles. The fourth-order valence-corrected chi connectivity index (χ4v) is 6.56. The summed E-state index contributed by atoms with van der Waals surface area (Å²) in [6, 6.07) is 0. The number of fused-ring (bicyclic) bond motifs is 5. The van der Waals surface area contributed by atoms with Crippen LogP contribution >= 0.6 is 7.92 Å². The quantitative estimate of drug-likeness (QED) is 0.297. The number of aliphatic carboxylic acids is 1. The van der Waals surface area contributed by atoms with E-state index in [0.717, 1.165) is 6.42 Å². The maximum Gasteiger partial charge on any atom is 0.341 e. The van der Waals surface area contributed by atoms with Crippen LogP contribution in [-0.2, 0) is 25.2 Å². The van der Waals surface area contributed by atoms with E-state index in [9.17, 15) is 4.79 Å². The zero-order valence-corrected chi connectivity index (χ0v) is 12.0. The van der Waals surface area contributed by atoms with Gasteiger partial charge in [0.25, 0.3) is 0 Å². The number of carboxylic acids is 1. The van der Waals surface area contributed by atoms with E-state index >= 15 is 0 Å². The second kappa shape index (κ2) is 4.07. The molecule has 2 bridgehead atoms. The molecule has 2 N–H and O–H groups in total. The first-order valence-corrected chi connectivity index (χ1v) is 6.68. The Hall–Kier alpha value is -0.488. The predicted molar refractivity (Wildman–Crippen MR) is 58.1 cm³/mol. The molecule has 2 heterocycles. The van der Waals surface area contributed by atoms with Crippen LogP contribution in [0.2, 0.25) is 0 Å². The van der Waals surface area contributed by atoms with Gasteiger partial charge in [-0.1, -0.05) is 11.2 Å². The molecule has 3 aliphatic rings. The van der Waals surface area contributed by atoms with Gasteiger partial charge in [0.2, 0.25) is 0 Å². The predicted octanol–water partition coefficient (Wildman–Crippen LogP) is 1.34. The van der Waals surface area contributed by atoms with E-state index in [2.05, 4.69) is 17.3 Å². The van der Waals surface area contributed by atoms with Gasteiger partial charge in [0.1, 0.15) is 16.9 Å². The fourth-order valence-electron chi connectivity index (χ4n) is 2.95. The third kappa shape index (κ3) is 1.43. The molecule has 6 heteroatoms. The first-order valence-electron chi connectivity index (χ1n) is 4.94.